The molecule has 0 radical (unpaired) electrons. The summed E-state index contributed by atoms with van der Waals surface area (Å²) in [5, 5.41) is 10.7. The standard InChI is InChI=1S/C11H16N2O2S/c1-11(2,3)7-16-8-4-5-9(12)10(6-8)13(14)15/h4-6H,7,12H2,1-3H3. The monoisotopic (exact) mass is 240 g/mol. The maximum Gasteiger partial charge on any atom is 0.293 e. The molecule has 0 aliphatic rings. The van der Waals surface area contributed by atoms with Crippen LogP contribution in [0.5, 0.6) is 0 Å². The van der Waals surface area contributed by atoms with E-state index in [1.165, 1.54) is 6.07 Å². The molecule has 0 atom stereocenters. The van der Waals surface area contributed by atoms with Gasteiger partial charge in [0.2, 0.25) is 0 Å². The minimum atomic E-state index is -0.448. The topological polar surface area (TPSA) is 69.2 Å². The van der Waals surface area contributed by atoms with Crippen molar-refractivity contribution in [3.63, 3.8) is 0 Å². The van der Waals surface area contributed by atoms with E-state index in [-0.39, 0.29) is 16.8 Å². The van der Waals surface area contributed by atoms with Crippen molar-refractivity contribution in [3.8, 4) is 0 Å². The highest BCUT2D eigenvalue weighted by atomic mass is 32.2. The molecular weight excluding hydrogens is 224 g/mol. The van der Waals surface area contributed by atoms with Gasteiger partial charge >= 0.3 is 0 Å². The lowest BCUT2D eigenvalue weighted by molar-refractivity contribution is -0.384. The number of hydrogen-bond acceptors (Lipinski definition) is 4. The maximum atomic E-state index is 10.7. The number of nitrogens with two attached hydrogens (primary N) is 1. The quantitative estimate of drug-likeness (QED) is 0.381. The molecule has 0 bridgehead atoms. The van der Waals surface area contributed by atoms with Gasteiger partial charge in [0.15, 0.2) is 0 Å². The molecule has 1 aromatic carbocycles. The Hall–Kier alpha value is -1.23. The highest BCUT2D eigenvalue weighted by Crippen LogP contribution is 2.31. The summed E-state index contributed by atoms with van der Waals surface area (Å²) in [5.74, 6) is 0.911. The van der Waals surface area contributed by atoms with Crippen LogP contribution in [0.2, 0.25) is 0 Å². The summed E-state index contributed by atoms with van der Waals surface area (Å²) in [6.07, 6.45) is 0. The fourth-order valence-corrected chi connectivity index (χ4v) is 2.03. The van der Waals surface area contributed by atoms with Gasteiger partial charge in [0.25, 0.3) is 5.69 Å². The first-order chi connectivity index (χ1) is 7.29. The smallest absolute Gasteiger partial charge is 0.293 e. The van der Waals surface area contributed by atoms with Crippen LogP contribution in [0, 0.1) is 15.5 Å². The number of thioether (sulfide) groups is 1. The maximum absolute atomic E-state index is 10.7. The molecule has 2 N–H and O–H groups in total. The number of anilines is 1. The third-order valence-electron chi connectivity index (χ3n) is 1.87. The van der Waals surface area contributed by atoms with Crippen molar-refractivity contribution in [2.24, 2.45) is 5.41 Å². The fraction of sp³-hybridized carbons (Fsp3) is 0.455. The summed E-state index contributed by atoms with van der Waals surface area (Å²) in [4.78, 5) is 11.1. The molecule has 0 amide bonds. The van der Waals surface area contributed by atoms with Crippen molar-refractivity contribution in [2.45, 2.75) is 25.7 Å². The fourth-order valence-electron chi connectivity index (χ4n) is 1.07. The predicted octanol–water partition coefficient (Wildman–Crippen LogP) is 3.32. The normalized spacial score (nSPS) is 11.4. The minimum absolute atomic E-state index is 0.0149. The molecule has 0 fully saturated rings. The lowest BCUT2D eigenvalue weighted by Gasteiger charge is -2.17. The molecular formula is C11H16N2O2S. The van der Waals surface area contributed by atoms with Gasteiger partial charge < -0.3 is 5.73 Å². The summed E-state index contributed by atoms with van der Waals surface area (Å²) < 4.78 is 0. The van der Waals surface area contributed by atoms with E-state index in [2.05, 4.69) is 20.8 Å². The lowest BCUT2D eigenvalue weighted by Crippen LogP contribution is -2.08. The molecule has 4 nitrogen and oxygen atoms in total. The van der Waals surface area contributed by atoms with Crippen molar-refractivity contribution in [1.82, 2.24) is 0 Å². The summed E-state index contributed by atoms with van der Waals surface area (Å²) in [6, 6.07) is 4.94. The second kappa shape index (κ2) is 4.74. The van der Waals surface area contributed by atoms with Gasteiger partial charge in [0, 0.05) is 16.7 Å². The van der Waals surface area contributed by atoms with Gasteiger partial charge in [-0.3, -0.25) is 10.1 Å². The van der Waals surface area contributed by atoms with Gasteiger partial charge in [-0.2, -0.15) is 0 Å². The summed E-state index contributed by atoms with van der Waals surface area (Å²) >= 11 is 1.61. The molecule has 1 aromatic rings. The van der Waals surface area contributed by atoms with Crippen LogP contribution >= 0.6 is 11.8 Å². The van der Waals surface area contributed by atoms with Crippen molar-refractivity contribution >= 4 is 23.1 Å². The number of nitro benzene ring substituents is 1. The molecule has 0 heterocycles. The lowest BCUT2D eigenvalue weighted by atomic mass is 10.0. The minimum Gasteiger partial charge on any atom is -0.393 e. The first-order valence-corrected chi connectivity index (χ1v) is 5.95. The predicted molar refractivity (Wildman–Crippen MR) is 67.7 cm³/mol. The number of hydrogen-bond donors (Lipinski definition) is 1. The average Bonchev–Trinajstić information content (AvgIpc) is 2.14. The number of nitro groups is 1. The third-order valence-corrected chi connectivity index (χ3v) is 3.47. The molecule has 0 saturated heterocycles. The van der Waals surface area contributed by atoms with Crippen LogP contribution in [0.3, 0.4) is 0 Å². The highest BCUT2D eigenvalue weighted by Gasteiger charge is 2.14. The van der Waals surface area contributed by atoms with Gasteiger partial charge in [0.05, 0.1) is 4.92 Å². The van der Waals surface area contributed by atoms with E-state index in [9.17, 15) is 10.1 Å². The van der Waals surface area contributed by atoms with Crippen molar-refractivity contribution < 1.29 is 4.92 Å². The zero-order valence-corrected chi connectivity index (χ0v) is 10.5. The first kappa shape index (κ1) is 12.8. The van der Waals surface area contributed by atoms with Crippen LogP contribution < -0.4 is 5.73 Å². The van der Waals surface area contributed by atoms with Gasteiger partial charge in [-0.15, -0.1) is 11.8 Å². The molecule has 16 heavy (non-hydrogen) atoms. The number of nitrogens with zero attached hydrogens (tertiary/aromatic N) is 1. The Kier molecular flexibility index (Phi) is 3.80. The van der Waals surface area contributed by atoms with Crippen LogP contribution in [0.1, 0.15) is 20.8 Å². The SMILES string of the molecule is CC(C)(C)CSc1ccc(N)c([N+](=O)[O-])c1. The Bertz CT molecular complexity index is 399. The van der Waals surface area contributed by atoms with Crippen LogP contribution in [-0.4, -0.2) is 10.7 Å². The Labute approximate surface area is 99.4 Å². The van der Waals surface area contributed by atoms with Crippen LogP contribution in [0.25, 0.3) is 0 Å². The molecule has 0 aromatic heterocycles. The average molecular weight is 240 g/mol. The Balaban J connectivity index is 2.83. The van der Waals surface area contributed by atoms with E-state index in [4.69, 9.17) is 5.73 Å². The molecule has 5 heteroatoms. The van der Waals surface area contributed by atoms with E-state index in [0.717, 1.165) is 10.6 Å². The zero-order chi connectivity index (χ0) is 12.3. The Morgan fingerprint density at radius 2 is 2.06 bits per heavy atom. The van der Waals surface area contributed by atoms with E-state index < -0.39 is 4.92 Å². The van der Waals surface area contributed by atoms with E-state index in [1.54, 1.807) is 17.8 Å². The third kappa shape index (κ3) is 3.73. The molecule has 1 rings (SSSR count). The Morgan fingerprint density at radius 3 is 2.56 bits per heavy atom. The van der Waals surface area contributed by atoms with E-state index >= 15 is 0 Å². The highest BCUT2D eigenvalue weighted by molar-refractivity contribution is 7.99. The molecule has 0 aliphatic heterocycles. The second-order valence-electron chi connectivity index (χ2n) is 4.83. The largest absolute Gasteiger partial charge is 0.393 e. The number of rotatable bonds is 3. The number of nitrogen functional groups attached to an aromatic ring is 1. The molecule has 0 aliphatic carbocycles. The zero-order valence-electron chi connectivity index (χ0n) is 9.69. The van der Waals surface area contributed by atoms with E-state index in [1.807, 2.05) is 6.07 Å². The molecule has 0 saturated carbocycles. The number of benzene rings is 1. The second-order valence-corrected chi connectivity index (χ2v) is 5.88. The van der Waals surface area contributed by atoms with Crippen molar-refractivity contribution in [1.29, 1.82) is 0 Å². The summed E-state index contributed by atoms with van der Waals surface area (Å²) in [7, 11) is 0. The van der Waals surface area contributed by atoms with Gasteiger partial charge in [0.1, 0.15) is 5.69 Å². The molecule has 0 spiro atoms. The van der Waals surface area contributed by atoms with Crippen LogP contribution in [0.15, 0.2) is 23.1 Å². The van der Waals surface area contributed by atoms with E-state index in [0.29, 0.717) is 0 Å². The molecule has 0 unspecified atom stereocenters. The van der Waals surface area contributed by atoms with Gasteiger partial charge in [-0.05, 0) is 17.5 Å². The summed E-state index contributed by atoms with van der Waals surface area (Å²) in [5.41, 5.74) is 5.91. The summed E-state index contributed by atoms with van der Waals surface area (Å²) in [6.45, 7) is 6.39. The molecule has 88 valence electrons. The van der Waals surface area contributed by atoms with Crippen LogP contribution in [-0.2, 0) is 0 Å². The van der Waals surface area contributed by atoms with Gasteiger partial charge in [-0.25, -0.2) is 0 Å². The van der Waals surface area contributed by atoms with Crippen LogP contribution in [0.4, 0.5) is 11.4 Å². The van der Waals surface area contributed by atoms with Gasteiger partial charge in [-0.1, -0.05) is 20.8 Å². The van der Waals surface area contributed by atoms with Crippen molar-refractivity contribution in [2.75, 3.05) is 11.5 Å². The first-order valence-electron chi connectivity index (χ1n) is 4.96. The van der Waals surface area contributed by atoms with Crippen molar-refractivity contribution in [3.05, 3.63) is 28.3 Å². The Morgan fingerprint density at radius 1 is 1.44 bits per heavy atom.